The summed E-state index contributed by atoms with van der Waals surface area (Å²) in [4.78, 5) is 12.3. The summed E-state index contributed by atoms with van der Waals surface area (Å²) in [5, 5.41) is 0. The molecule has 2 aromatic rings. The first-order valence-electron chi connectivity index (χ1n) is 12.8. The molecule has 1 aliphatic carbocycles. The maximum absolute atomic E-state index is 12.4. The molecule has 2 atom stereocenters. The number of nitrogens with two attached hydrogens (primary N) is 1. The van der Waals surface area contributed by atoms with Crippen LogP contribution in [0, 0.1) is 5.92 Å². The van der Waals surface area contributed by atoms with Crippen LogP contribution in [0.4, 0.5) is 13.2 Å². The summed E-state index contributed by atoms with van der Waals surface area (Å²) < 4.78 is 78.1. The number of ether oxygens (including phenoxy) is 2. The summed E-state index contributed by atoms with van der Waals surface area (Å²) in [7, 11) is -4.21. The van der Waals surface area contributed by atoms with Gasteiger partial charge in [0.2, 0.25) is 0 Å². The third kappa shape index (κ3) is 9.83. The number of alkyl halides is 3. The molecule has 3 rings (SSSR count). The minimum Gasteiger partial charge on any atom is -0.485 e. The van der Waals surface area contributed by atoms with E-state index >= 15 is 0 Å². The van der Waals surface area contributed by atoms with E-state index < -0.39 is 41.0 Å². The Morgan fingerprint density at radius 3 is 2.47 bits per heavy atom. The zero-order valence-corrected chi connectivity index (χ0v) is 21.9. The van der Waals surface area contributed by atoms with E-state index in [1.807, 2.05) is 24.3 Å². The van der Waals surface area contributed by atoms with Gasteiger partial charge in [0.15, 0.2) is 0 Å². The number of carbonyl (C=O) groups excluding carboxylic acids is 1. The Morgan fingerprint density at radius 1 is 0.974 bits per heavy atom. The van der Waals surface area contributed by atoms with E-state index in [4.69, 9.17) is 19.4 Å². The number of halogens is 3. The third-order valence-electron chi connectivity index (χ3n) is 6.21. The minimum atomic E-state index is -4.43. The Balaban J connectivity index is 1.61. The standard InChI is InChI=1S/C27H34F3NO6S/c28-27(29,30)14-8-16-38(33,34)37-23-11-7-10-22(18-23)36-26-21(17-20-9-4-5-12-24(20)26)19-35-25(32)13-3-1-2-6-15-31/h4-5,7,9-12,18,21,26H,1-3,6,8,13-17,19,31H2. The Kier molecular flexibility index (Phi) is 10.8. The van der Waals surface area contributed by atoms with Gasteiger partial charge in [-0.3, -0.25) is 4.79 Å². The van der Waals surface area contributed by atoms with Gasteiger partial charge in [-0.25, -0.2) is 0 Å². The summed E-state index contributed by atoms with van der Waals surface area (Å²) in [5.74, 6) is -0.902. The molecular weight excluding hydrogens is 523 g/mol. The van der Waals surface area contributed by atoms with E-state index in [2.05, 4.69) is 0 Å². The topological polar surface area (TPSA) is 105 Å². The normalized spacial score (nSPS) is 17.2. The number of fused-ring (bicyclic) bond motifs is 1. The molecule has 0 saturated carbocycles. The van der Waals surface area contributed by atoms with Crippen molar-refractivity contribution in [1.82, 2.24) is 0 Å². The number of hydrogen-bond acceptors (Lipinski definition) is 7. The zero-order valence-electron chi connectivity index (χ0n) is 21.1. The van der Waals surface area contributed by atoms with Gasteiger partial charge in [-0.05, 0) is 55.5 Å². The Bertz CT molecular complexity index is 1160. The van der Waals surface area contributed by atoms with Crippen molar-refractivity contribution in [2.75, 3.05) is 18.9 Å². The molecule has 0 heterocycles. The van der Waals surface area contributed by atoms with Crippen molar-refractivity contribution in [3.63, 3.8) is 0 Å². The largest absolute Gasteiger partial charge is 0.485 e. The highest BCUT2D eigenvalue weighted by Gasteiger charge is 2.35. The molecule has 0 amide bonds. The van der Waals surface area contributed by atoms with Crippen LogP contribution in [0.3, 0.4) is 0 Å². The number of carbonyl (C=O) groups is 1. The quantitative estimate of drug-likeness (QED) is 0.176. The smallest absolute Gasteiger partial charge is 0.389 e. The van der Waals surface area contributed by atoms with Crippen molar-refractivity contribution in [1.29, 1.82) is 0 Å². The van der Waals surface area contributed by atoms with Gasteiger partial charge < -0.3 is 19.4 Å². The van der Waals surface area contributed by atoms with E-state index in [0.29, 0.717) is 25.1 Å². The maximum atomic E-state index is 12.4. The minimum absolute atomic E-state index is 0.0570. The SMILES string of the molecule is NCCCCCCC(=O)OCC1Cc2ccccc2C1Oc1cccc(OS(=O)(=O)CCCC(F)(F)F)c1. The Labute approximate surface area is 221 Å². The second-order valence-electron chi connectivity index (χ2n) is 9.38. The van der Waals surface area contributed by atoms with Crippen molar-refractivity contribution in [3.8, 4) is 11.5 Å². The highest BCUT2D eigenvalue weighted by Crippen LogP contribution is 2.40. The lowest BCUT2D eigenvalue weighted by Gasteiger charge is -2.22. The number of hydrogen-bond donors (Lipinski definition) is 1. The fourth-order valence-corrected chi connectivity index (χ4v) is 5.35. The van der Waals surface area contributed by atoms with Crippen LogP contribution in [-0.4, -0.2) is 39.5 Å². The number of esters is 1. The molecule has 0 saturated heterocycles. The molecule has 0 bridgehead atoms. The van der Waals surface area contributed by atoms with Crippen molar-refractivity contribution in [3.05, 3.63) is 59.7 Å². The van der Waals surface area contributed by atoms with Gasteiger partial charge in [0.05, 0.1) is 12.4 Å². The van der Waals surface area contributed by atoms with Gasteiger partial charge in [-0.2, -0.15) is 21.6 Å². The van der Waals surface area contributed by atoms with Crippen LogP contribution in [0.2, 0.25) is 0 Å². The molecule has 210 valence electrons. The second-order valence-corrected chi connectivity index (χ2v) is 11.1. The van der Waals surface area contributed by atoms with Gasteiger partial charge in [0, 0.05) is 24.8 Å². The lowest BCUT2D eigenvalue weighted by molar-refractivity contribution is -0.146. The second kappa shape index (κ2) is 13.8. The average molecular weight is 558 g/mol. The number of rotatable bonds is 15. The molecule has 2 N–H and O–H groups in total. The molecule has 0 radical (unpaired) electrons. The van der Waals surface area contributed by atoms with Crippen LogP contribution >= 0.6 is 0 Å². The van der Waals surface area contributed by atoms with E-state index in [1.54, 1.807) is 6.07 Å². The molecule has 11 heteroatoms. The highest BCUT2D eigenvalue weighted by atomic mass is 32.2. The summed E-state index contributed by atoms with van der Waals surface area (Å²) in [6.45, 7) is 0.811. The van der Waals surface area contributed by atoms with Gasteiger partial charge >= 0.3 is 22.3 Å². The van der Waals surface area contributed by atoms with Gasteiger partial charge in [0.25, 0.3) is 0 Å². The van der Waals surface area contributed by atoms with Crippen LogP contribution in [0.25, 0.3) is 0 Å². The molecule has 0 spiro atoms. The summed E-state index contributed by atoms with van der Waals surface area (Å²) in [6.07, 6.45) is -2.10. The van der Waals surface area contributed by atoms with Gasteiger partial charge in [-0.1, -0.05) is 43.2 Å². The number of benzene rings is 2. The molecule has 0 aromatic heterocycles. The summed E-state index contributed by atoms with van der Waals surface area (Å²) in [6, 6.07) is 13.7. The predicted octanol–water partition coefficient (Wildman–Crippen LogP) is 5.48. The van der Waals surface area contributed by atoms with Crippen LogP contribution in [0.15, 0.2) is 48.5 Å². The van der Waals surface area contributed by atoms with Crippen molar-refractivity contribution >= 4 is 16.1 Å². The lowest BCUT2D eigenvalue weighted by atomic mass is 10.0. The first kappa shape index (κ1) is 29.8. The molecule has 0 fully saturated rings. The first-order chi connectivity index (χ1) is 18.1. The molecular formula is C27H34F3NO6S. The van der Waals surface area contributed by atoms with E-state index in [0.717, 1.165) is 36.8 Å². The lowest BCUT2D eigenvalue weighted by Crippen LogP contribution is -2.21. The van der Waals surface area contributed by atoms with E-state index in [-0.39, 0.29) is 24.2 Å². The Morgan fingerprint density at radius 2 is 1.71 bits per heavy atom. The molecule has 0 aliphatic heterocycles. The molecule has 2 aromatic carbocycles. The van der Waals surface area contributed by atoms with Crippen molar-refractivity contribution < 1.29 is 40.0 Å². The van der Waals surface area contributed by atoms with Gasteiger partial charge in [0.1, 0.15) is 17.6 Å². The van der Waals surface area contributed by atoms with Crippen molar-refractivity contribution in [2.45, 2.75) is 63.6 Å². The van der Waals surface area contributed by atoms with E-state index in [1.165, 1.54) is 18.2 Å². The fourth-order valence-electron chi connectivity index (χ4n) is 4.37. The zero-order chi connectivity index (χ0) is 27.6. The van der Waals surface area contributed by atoms with Crippen LogP contribution in [-0.2, 0) is 26.1 Å². The van der Waals surface area contributed by atoms with E-state index in [9.17, 15) is 26.4 Å². The molecule has 2 unspecified atom stereocenters. The summed E-state index contributed by atoms with van der Waals surface area (Å²) in [5.41, 5.74) is 7.50. The fraction of sp³-hybridized carbons (Fsp3) is 0.519. The third-order valence-corrected chi connectivity index (χ3v) is 7.45. The number of unbranched alkanes of at least 4 members (excludes halogenated alkanes) is 3. The van der Waals surface area contributed by atoms with Crippen LogP contribution < -0.4 is 14.7 Å². The van der Waals surface area contributed by atoms with Crippen molar-refractivity contribution in [2.24, 2.45) is 11.7 Å². The summed E-state index contributed by atoms with van der Waals surface area (Å²) >= 11 is 0. The molecule has 1 aliphatic rings. The average Bonchev–Trinajstić information content (AvgIpc) is 3.19. The molecule has 38 heavy (non-hydrogen) atoms. The first-order valence-corrected chi connectivity index (χ1v) is 14.3. The monoisotopic (exact) mass is 557 g/mol. The molecule has 7 nitrogen and oxygen atoms in total. The maximum Gasteiger partial charge on any atom is 0.389 e. The highest BCUT2D eigenvalue weighted by molar-refractivity contribution is 7.87. The van der Waals surface area contributed by atoms with Gasteiger partial charge in [-0.15, -0.1) is 0 Å². The van der Waals surface area contributed by atoms with Crippen LogP contribution in [0.1, 0.15) is 62.2 Å². The predicted molar refractivity (Wildman–Crippen MR) is 136 cm³/mol. The Hall–Kier alpha value is -2.79. The van der Waals surface area contributed by atoms with Crippen LogP contribution in [0.5, 0.6) is 11.5 Å².